The molecule has 16 heavy (non-hydrogen) atoms. The molecular formula is C14H28N2. The Morgan fingerprint density at radius 1 is 1.12 bits per heavy atom. The van der Waals surface area contributed by atoms with Gasteiger partial charge in [-0.05, 0) is 51.2 Å². The van der Waals surface area contributed by atoms with Crippen molar-refractivity contribution in [1.29, 1.82) is 0 Å². The van der Waals surface area contributed by atoms with Crippen LogP contribution in [0.3, 0.4) is 0 Å². The molecule has 2 heterocycles. The Labute approximate surface area is 101 Å². The molecule has 2 fully saturated rings. The van der Waals surface area contributed by atoms with E-state index >= 15 is 0 Å². The third-order valence-electron chi connectivity index (χ3n) is 4.68. The van der Waals surface area contributed by atoms with E-state index in [9.17, 15) is 0 Å². The van der Waals surface area contributed by atoms with Crippen LogP contribution < -0.4 is 0 Å². The highest BCUT2D eigenvalue weighted by molar-refractivity contribution is 4.97. The molecule has 0 bridgehead atoms. The highest BCUT2D eigenvalue weighted by Crippen LogP contribution is 2.40. The van der Waals surface area contributed by atoms with Gasteiger partial charge in [0.05, 0.1) is 0 Å². The lowest BCUT2D eigenvalue weighted by atomic mass is 9.72. The number of hydrogen-bond acceptors (Lipinski definition) is 2. The predicted octanol–water partition coefficient (Wildman–Crippen LogP) is 2.59. The Kier molecular flexibility index (Phi) is 3.91. The van der Waals surface area contributed by atoms with Crippen LogP contribution in [0.2, 0.25) is 0 Å². The van der Waals surface area contributed by atoms with Gasteiger partial charge in [0, 0.05) is 19.1 Å². The van der Waals surface area contributed by atoms with Gasteiger partial charge in [-0.2, -0.15) is 0 Å². The first-order valence-corrected chi connectivity index (χ1v) is 7.12. The zero-order chi connectivity index (χ0) is 11.6. The number of piperidine rings is 1. The van der Waals surface area contributed by atoms with Crippen molar-refractivity contribution in [2.45, 2.75) is 52.0 Å². The highest BCUT2D eigenvalue weighted by Gasteiger charge is 2.43. The molecule has 1 unspecified atom stereocenters. The van der Waals surface area contributed by atoms with E-state index in [1.807, 2.05) is 0 Å². The molecule has 0 amide bonds. The summed E-state index contributed by atoms with van der Waals surface area (Å²) < 4.78 is 0. The molecule has 2 rings (SSSR count). The molecular weight excluding hydrogens is 196 g/mol. The first-order chi connectivity index (χ1) is 7.69. The van der Waals surface area contributed by atoms with Gasteiger partial charge in [-0.15, -0.1) is 0 Å². The Balaban J connectivity index is 1.80. The molecule has 0 saturated carbocycles. The minimum Gasteiger partial charge on any atom is -0.305 e. The number of nitrogens with zero attached hydrogens (tertiary/aromatic N) is 2. The van der Waals surface area contributed by atoms with Crippen LogP contribution in [-0.4, -0.2) is 49.1 Å². The van der Waals surface area contributed by atoms with Crippen molar-refractivity contribution in [3.63, 3.8) is 0 Å². The Morgan fingerprint density at radius 3 is 2.19 bits per heavy atom. The molecule has 1 spiro atoms. The van der Waals surface area contributed by atoms with Gasteiger partial charge in [0.25, 0.3) is 0 Å². The predicted molar refractivity (Wildman–Crippen MR) is 69.7 cm³/mol. The summed E-state index contributed by atoms with van der Waals surface area (Å²) in [6.07, 6.45) is 6.95. The van der Waals surface area contributed by atoms with Crippen LogP contribution in [-0.2, 0) is 0 Å². The molecule has 2 aliphatic rings. The SMILES string of the molecule is CCCC(CC)N1CCC2(CC1)CN(C)C2. The maximum Gasteiger partial charge on any atom is 0.00925 e. The van der Waals surface area contributed by atoms with Crippen LogP contribution in [0.25, 0.3) is 0 Å². The summed E-state index contributed by atoms with van der Waals surface area (Å²) in [5, 5.41) is 0. The molecule has 0 aliphatic carbocycles. The standard InChI is InChI=1S/C14H28N2/c1-4-6-13(5-2)16-9-7-14(8-10-16)11-15(3)12-14/h13H,4-12H2,1-3H3. The van der Waals surface area contributed by atoms with Gasteiger partial charge in [-0.3, -0.25) is 0 Å². The molecule has 0 N–H and O–H groups in total. The fraction of sp³-hybridized carbons (Fsp3) is 1.00. The highest BCUT2D eigenvalue weighted by atomic mass is 15.2. The van der Waals surface area contributed by atoms with Crippen LogP contribution in [0.15, 0.2) is 0 Å². The number of likely N-dealkylation sites (tertiary alicyclic amines) is 2. The van der Waals surface area contributed by atoms with E-state index in [4.69, 9.17) is 0 Å². The molecule has 2 saturated heterocycles. The van der Waals surface area contributed by atoms with Gasteiger partial charge in [0.15, 0.2) is 0 Å². The molecule has 2 aliphatic heterocycles. The van der Waals surface area contributed by atoms with Crippen LogP contribution in [0.1, 0.15) is 46.0 Å². The summed E-state index contributed by atoms with van der Waals surface area (Å²) in [4.78, 5) is 5.23. The van der Waals surface area contributed by atoms with E-state index in [1.54, 1.807) is 0 Å². The summed E-state index contributed by atoms with van der Waals surface area (Å²) in [5.41, 5.74) is 0.718. The van der Waals surface area contributed by atoms with Crippen LogP contribution in [0.4, 0.5) is 0 Å². The van der Waals surface area contributed by atoms with Crippen molar-refractivity contribution in [3.05, 3.63) is 0 Å². The largest absolute Gasteiger partial charge is 0.305 e. The zero-order valence-corrected chi connectivity index (χ0v) is 11.3. The third kappa shape index (κ3) is 2.43. The van der Waals surface area contributed by atoms with Gasteiger partial charge in [-0.25, -0.2) is 0 Å². The fourth-order valence-corrected chi connectivity index (χ4v) is 3.76. The molecule has 94 valence electrons. The van der Waals surface area contributed by atoms with E-state index in [-0.39, 0.29) is 0 Å². The smallest absolute Gasteiger partial charge is 0.00925 e. The van der Waals surface area contributed by atoms with Gasteiger partial charge < -0.3 is 9.80 Å². The van der Waals surface area contributed by atoms with Crippen molar-refractivity contribution in [2.24, 2.45) is 5.41 Å². The van der Waals surface area contributed by atoms with E-state index in [1.165, 1.54) is 58.3 Å². The second-order valence-electron chi connectivity index (χ2n) is 6.06. The first-order valence-electron chi connectivity index (χ1n) is 7.12. The Bertz CT molecular complexity index is 211. The second kappa shape index (κ2) is 5.05. The lowest BCUT2D eigenvalue weighted by Crippen LogP contribution is -2.59. The average molecular weight is 224 g/mol. The van der Waals surface area contributed by atoms with Gasteiger partial charge >= 0.3 is 0 Å². The van der Waals surface area contributed by atoms with E-state index in [0.29, 0.717) is 0 Å². The van der Waals surface area contributed by atoms with Gasteiger partial charge in [0.2, 0.25) is 0 Å². The van der Waals surface area contributed by atoms with Crippen molar-refractivity contribution < 1.29 is 0 Å². The zero-order valence-electron chi connectivity index (χ0n) is 11.3. The monoisotopic (exact) mass is 224 g/mol. The fourth-order valence-electron chi connectivity index (χ4n) is 3.76. The van der Waals surface area contributed by atoms with E-state index in [0.717, 1.165) is 11.5 Å². The maximum atomic E-state index is 2.76. The third-order valence-corrected chi connectivity index (χ3v) is 4.68. The summed E-state index contributed by atoms with van der Waals surface area (Å²) in [5.74, 6) is 0. The minimum absolute atomic E-state index is 0.718. The van der Waals surface area contributed by atoms with Crippen LogP contribution in [0.5, 0.6) is 0 Å². The van der Waals surface area contributed by atoms with Crippen molar-refractivity contribution >= 4 is 0 Å². The molecule has 0 aromatic heterocycles. The number of hydrogen-bond donors (Lipinski definition) is 0. The minimum atomic E-state index is 0.718. The normalized spacial score (nSPS) is 27.9. The van der Waals surface area contributed by atoms with E-state index < -0.39 is 0 Å². The maximum absolute atomic E-state index is 2.76. The van der Waals surface area contributed by atoms with Crippen molar-refractivity contribution in [1.82, 2.24) is 9.80 Å². The molecule has 2 heteroatoms. The van der Waals surface area contributed by atoms with Crippen LogP contribution >= 0.6 is 0 Å². The molecule has 0 radical (unpaired) electrons. The molecule has 2 nitrogen and oxygen atoms in total. The van der Waals surface area contributed by atoms with Gasteiger partial charge in [-0.1, -0.05) is 20.3 Å². The summed E-state index contributed by atoms with van der Waals surface area (Å²) in [6, 6.07) is 0.861. The topological polar surface area (TPSA) is 6.48 Å². The number of rotatable bonds is 4. The van der Waals surface area contributed by atoms with E-state index in [2.05, 4.69) is 30.7 Å². The first kappa shape index (κ1) is 12.4. The summed E-state index contributed by atoms with van der Waals surface area (Å²) >= 11 is 0. The Morgan fingerprint density at radius 2 is 1.75 bits per heavy atom. The van der Waals surface area contributed by atoms with Crippen molar-refractivity contribution in [2.75, 3.05) is 33.2 Å². The summed E-state index contributed by atoms with van der Waals surface area (Å²) in [7, 11) is 2.25. The molecule has 0 aromatic rings. The van der Waals surface area contributed by atoms with Crippen molar-refractivity contribution in [3.8, 4) is 0 Å². The quantitative estimate of drug-likeness (QED) is 0.724. The second-order valence-corrected chi connectivity index (χ2v) is 6.06. The lowest BCUT2D eigenvalue weighted by molar-refractivity contribution is -0.0411. The van der Waals surface area contributed by atoms with Gasteiger partial charge in [0.1, 0.15) is 0 Å². The molecule has 1 atom stereocenters. The lowest BCUT2D eigenvalue weighted by Gasteiger charge is -2.54. The summed E-state index contributed by atoms with van der Waals surface area (Å²) in [6.45, 7) is 10.1. The average Bonchev–Trinajstić information content (AvgIpc) is 2.25. The molecule has 0 aromatic carbocycles. The Hall–Kier alpha value is -0.0800. The van der Waals surface area contributed by atoms with Crippen LogP contribution in [0, 0.1) is 5.41 Å².